The predicted octanol–water partition coefficient (Wildman–Crippen LogP) is 1.57. The summed E-state index contributed by atoms with van der Waals surface area (Å²) in [5.41, 5.74) is 0.496. The Hall–Kier alpha value is -1.75. The highest BCUT2D eigenvalue weighted by Crippen LogP contribution is 2.28. The summed E-state index contributed by atoms with van der Waals surface area (Å²) in [4.78, 5) is 23.0. The van der Waals surface area contributed by atoms with Gasteiger partial charge in [0.05, 0.1) is 12.8 Å². The van der Waals surface area contributed by atoms with Crippen molar-refractivity contribution in [1.29, 1.82) is 0 Å². The molecule has 0 saturated carbocycles. The number of nitrogens with one attached hydrogen (secondary N) is 2. The van der Waals surface area contributed by atoms with E-state index in [-0.39, 0.29) is 11.8 Å². The Morgan fingerprint density at radius 3 is 2.94 bits per heavy atom. The lowest BCUT2D eigenvalue weighted by Crippen LogP contribution is -2.37. The molecule has 2 N–H and O–H groups in total. The maximum atomic E-state index is 11.9. The van der Waals surface area contributed by atoms with Crippen molar-refractivity contribution in [2.75, 3.05) is 12.4 Å². The van der Waals surface area contributed by atoms with Crippen molar-refractivity contribution in [2.24, 2.45) is 0 Å². The first-order chi connectivity index (χ1) is 8.60. The summed E-state index contributed by atoms with van der Waals surface area (Å²) in [6.45, 7) is 0. The molecule has 1 aromatic rings. The number of amides is 2. The molecule has 1 heterocycles. The number of benzene rings is 1. The van der Waals surface area contributed by atoms with Gasteiger partial charge < -0.3 is 15.4 Å². The molecule has 1 unspecified atom stereocenters. The molecule has 5 nitrogen and oxygen atoms in total. The van der Waals surface area contributed by atoms with Crippen LogP contribution in [-0.4, -0.2) is 25.0 Å². The minimum absolute atomic E-state index is 0.104. The molecule has 1 aliphatic rings. The quantitative estimate of drug-likeness (QED) is 0.874. The van der Waals surface area contributed by atoms with Gasteiger partial charge in [0.15, 0.2) is 0 Å². The number of anilines is 1. The van der Waals surface area contributed by atoms with E-state index in [1.54, 1.807) is 18.2 Å². The molecule has 6 heteroatoms. The third-order valence-corrected chi connectivity index (χ3v) is 2.97. The first-order valence-electron chi connectivity index (χ1n) is 5.54. The van der Waals surface area contributed by atoms with Crippen LogP contribution in [0.1, 0.15) is 12.8 Å². The average Bonchev–Trinajstić information content (AvgIpc) is 2.76. The average molecular weight is 269 g/mol. The third kappa shape index (κ3) is 2.73. The lowest BCUT2D eigenvalue weighted by molar-refractivity contribution is -0.122. The summed E-state index contributed by atoms with van der Waals surface area (Å²) in [6, 6.07) is 4.47. The highest BCUT2D eigenvalue weighted by molar-refractivity contribution is 6.31. The highest BCUT2D eigenvalue weighted by Gasteiger charge is 2.27. The van der Waals surface area contributed by atoms with Crippen molar-refractivity contribution in [3.8, 4) is 5.75 Å². The van der Waals surface area contributed by atoms with E-state index >= 15 is 0 Å². The van der Waals surface area contributed by atoms with Crippen molar-refractivity contribution in [3.63, 3.8) is 0 Å². The van der Waals surface area contributed by atoms with Crippen LogP contribution in [0, 0.1) is 0 Å². The number of methoxy groups -OCH3 is 1. The van der Waals surface area contributed by atoms with Gasteiger partial charge in [-0.3, -0.25) is 9.59 Å². The van der Waals surface area contributed by atoms with Crippen LogP contribution >= 0.6 is 11.6 Å². The lowest BCUT2D eigenvalue weighted by Gasteiger charge is -2.13. The van der Waals surface area contributed by atoms with Gasteiger partial charge in [-0.15, -0.1) is 0 Å². The smallest absolute Gasteiger partial charge is 0.247 e. The topological polar surface area (TPSA) is 67.4 Å². The summed E-state index contributed by atoms with van der Waals surface area (Å²) in [6.07, 6.45) is 0.887. The van der Waals surface area contributed by atoms with E-state index in [9.17, 15) is 9.59 Å². The molecule has 1 saturated heterocycles. The molecule has 0 spiro atoms. The second-order valence-corrected chi connectivity index (χ2v) is 4.43. The van der Waals surface area contributed by atoms with Gasteiger partial charge in [-0.2, -0.15) is 0 Å². The molecule has 0 aliphatic carbocycles. The number of rotatable bonds is 3. The standard InChI is InChI=1S/C12H13ClN2O3/c1-18-10-4-2-7(13)6-9(10)15-12(17)8-3-5-11(16)14-8/h2,4,6,8H,3,5H2,1H3,(H,14,16)(H,15,17). The Labute approximate surface area is 109 Å². The zero-order chi connectivity index (χ0) is 13.1. The van der Waals surface area contributed by atoms with Crippen LogP contribution in [-0.2, 0) is 9.59 Å². The third-order valence-electron chi connectivity index (χ3n) is 2.73. The van der Waals surface area contributed by atoms with Crippen LogP contribution < -0.4 is 15.4 Å². The van der Waals surface area contributed by atoms with Crippen LogP contribution in [0.2, 0.25) is 5.02 Å². The van der Waals surface area contributed by atoms with E-state index in [2.05, 4.69) is 10.6 Å². The van der Waals surface area contributed by atoms with E-state index in [1.165, 1.54) is 7.11 Å². The van der Waals surface area contributed by atoms with Crippen molar-refractivity contribution in [2.45, 2.75) is 18.9 Å². The summed E-state index contributed by atoms with van der Waals surface area (Å²) in [7, 11) is 1.51. The van der Waals surface area contributed by atoms with Crippen LogP contribution in [0.3, 0.4) is 0 Å². The summed E-state index contributed by atoms with van der Waals surface area (Å²) in [5, 5.41) is 5.80. The molecule has 0 radical (unpaired) electrons. The molecule has 1 fully saturated rings. The number of ether oxygens (including phenoxy) is 1. The van der Waals surface area contributed by atoms with Crippen LogP contribution in [0.25, 0.3) is 0 Å². The van der Waals surface area contributed by atoms with Gasteiger partial charge in [-0.25, -0.2) is 0 Å². The Bertz CT molecular complexity index is 490. The zero-order valence-corrected chi connectivity index (χ0v) is 10.6. The van der Waals surface area contributed by atoms with E-state index in [0.29, 0.717) is 29.3 Å². The molecule has 1 atom stereocenters. The molecule has 96 valence electrons. The van der Waals surface area contributed by atoms with Gasteiger partial charge in [0, 0.05) is 11.4 Å². The summed E-state index contributed by atoms with van der Waals surface area (Å²) in [5.74, 6) is 0.159. The van der Waals surface area contributed by atoms with Gasteiger partial charge >= 0.3 is 0 Å². The molecule has 2 amide bonds. The Kier molecular flexibility index (Phi) is 3.72. The Morgan fingerprint density at radius 2 is 2.33 bits per heavy atom. The zero-order valence-electron chi connectivity index (χ0n) is 9.83. The fourth-order valence-electron chi connectivity index (χ4n) is 1.81. The molecule has 1 aliphatic heterocycles. The second kappa shape index (κ2) is 5.27. The van der Waals surface area contributed by atoms with Crippen molar-refractivity contribution < 1.29 is 14.3 Å². The monoisotopic (exact) mass is 268 g/mol. The lowest BCUT2D eigenvalue weighted by atomic mass is 10.2. The maximum absolute atomic E-state index is 11.9. The summed E-state index contributed by atoms with van der Waals surface area (Å²) >= 11 is 5.86. The largest absolute Gasteiger partial charge is 0.495 e. The number of hydrogen-bond donors (Lipinski definition) is 2. The van der Waals surface area contributed by atoms with Gasteiger partial charge in [-0.05, 0) is 24.6 Å². The van der Waals surface area contributed by atoms with Crippen molar-refractivity contribution in [1.82, 2.24) is 5.32 Å². The van der Waals surface area contributed by atoms with E-state index in [1.807, 2.05) is 0 Å². The Balaban J connectivity index is 2.11. The normalized spacial score (nSPS) is 18.3. The molecule has 0 bridgehead atoms. The van der Waals surface area contributed by atoms with Crippen LogP contribution in [0.4, 0.5) is 5.69 Å². The number of carbonyl (C=O) groups excluding carboxylic acids is 2. The first kappa shape index (κ1) is 12.7. The molecule has 0 aromatic heterocycles. The number of carbonyl (C=O) groups is 2. The van der Waals surface area contributed by atoms with Gasteiger partial charge in [0.1, 0.15) is 11.8 Å². The molecule has 2 rings (SSSR count). The van der Waals surface area contributed by atoms with Crippen molar-refractivity contribution in [3.05, 3.63) is 23.2 Å². The van der Waals surface area contributed by atoms with Gasteiger partial charge in [-0.1, -0.05) is 11.6 Å². The fourth-order valence-corrected chi connectivity index (χ4v) is 1.98. The maximum Gasteiger partial charge on any atom is 0.247 e. The van der Waals surface area contributed by atoms with Gasteiger partial charge in [0.25, 0.3) is 0 Å². The molecular formula is C12H13ClN2O3. The fraction of sp³-hybridized carbons (Fsp3) is 0.333. The molecule has 1 aromatic carbocycles. The highest BCUT2D eigenvalue weighted by atomic mass is 35.5. The SMILES string of the molecule is COc1ccc(Cl)cc1NC(=O)C1CCC(=O)N1. The second-order valence-electron chi connectivity index (χ2n) is 3.99. The van der Waals surface area contributed by atoms with Crippen LogP contribution in [0.15, 0.2) is 18.2 Å². The minimum atomic E-state index is -0.485. The van der Waals surface area contributed by atoms with E-state index in [0.717, 1.165) is 0 Å². The predicted molar refractivity (Wildman–Crippen MR) is 67.8 cm³/mol. The Morgan fingerprint density at radius 1 is 1.56 bits per heavy atom. The molecule has 18 heavy (non-hydrogen) atoms. The summed E-state index contributed by atoms with van der Waals surface area (Å²) < 4.78 is 5.12. The van der Waals surface area contributed by atoms with E-state index in [4.69, 9.17) is 16.3 Å². The van der Waals surface area contributed by atoms with Crippen LogP contribution in [0.5, 0.6) is 5.75 Å². The number of hydrogen-bond acceptors (Lipinski definition) is 3. The van der Waals surface area contributed by atoms with Crippen molar-refractivity contribution >= 4 is 29.1 Å². The number of halogens is 1. The van der Waals surface area contributed by atoms with E-state index < -0.39 is 6.04 Å². The van der Waals surface area contributed by atoms with Gasteiger partial charge in [0.2, 0.25) is 11.8 Å². The minimum Gasteiger partial charge on any atom is -0.495 e. The first-order valence-corrected chi connectivity index (χ1v) is 5.91. The molecular weight excluding hydrogens is 256 g/mol.